The Labute approximate surface area is 113 Å². The summed E-state index contributed by atoms with van der Waals surface area (Å²) in [5.41, 5.74) is 3.35. The van der Waals surface area contributed by atoms with Gasteiger partial charge in [0, 0.05) is 12.6 Å². The van der Waals surface area contributed by atoms with Crippen LogP contribution < -0.4 is 5.32 Å². The van der Waals surface area contributed by atoms with Gasteiger partial charge in [0.1, 0.15) is 0 Å². The van der Waals surface area contributed by atoms with E-state index in [1.807, 2.05) is 67.6 Å². The number of amides is 1. The number of nitrogens with one attached hydrogen (secondary N) is 1. The van der Waals surface area contributed by atoms with Crippen LogP contribution in [0.4, 0.5) is 0 Å². The largest absolute Gasteiger partial charge is 0.348 e. The quantitative estimate of drug-likeness (QED) is 0.830. The number of aryl methyl sites for hydroxylation is 1. The molecular weight excluding hydrogens is 234 g/mol. The Balaban J connectivity index is 1.85. The molecule has 0 heterocycles. The fourth-order valence-corrected chi connectivity index (χ4v) is 1.69. The maximum Gasteiger partial charge on any atom is 0.244 e. The first-order valence-electron chi connectivity index (χ1n) is 6.30. The van der Waals surface area contributed by atoms with Crippen molar-refractivity contribution < 1.29 is 4.79 Å². The average Bonchev–Trinajstić information content (AvgIpc) is 2.45. The van der Waals surface area contributed by atoms with Crippen molar-refractivity contribution in [2.45, 2.75) is 13.5 Å². The normalized spacial score (nSPS) is 10.6. The van der Waals surface area contributed by atoms with Crippen LogP contribution in [0.15, 0.2) is 60.7 Å². The Hall–Kier alpha value is -2.35. The molecule has 0 aliphatic heterocycles. The van der Waals surface area contributed by atoms with E-state index in [0.29, 0.717) is 6.54 Å². The molecule has 2 aromatic carbocycles. The van der Waals surface area contributed by atoms with E-state index in [1.54, 1.807) is 6.08 Å². The van der Waals surface area contributed by atoms with E-state index in [1.165, 1.54) is 5.56 Å². The molecule has 0 spiro atoms. The zero-order chi connectivity index (χ0) is 13.5. The molecule has 0 atom stereocenters. The van der Waals surface area contributed by atoms with Gasteiger partial charge in [-0.1, -0.05) is 60.2 Å². The van der Waals surface area contributed by atoms with Gasteiger partial charge in [0.25, 0.3) is 0 Å². The lowest BCUT2D eigenvalue weighted by Crippen LogP contribution is -2.20. The fraction of sp³-hybridized carbons (Fsp3) is 0.118. The van der Waals surface area contributed by atoms with Crippen LogP contribution in [0.2, 0.25) is 0 Å². The molecule has 1 amide bonds. The second-order valence-corrected chi connectivity index (χ2v) is 4.45. The van der Waals surface area contributed by atoms with Crippen molar-refractivity contribution in [1.82, 2.24) is 5.32 Å². The zero-order valence-corrected chi connectivity index (χ0v) is 11.0. The molecule has 0 fully saturated rings. The third-order valence-electron chi connectivity index (χ3n) is 2.81. The van der Waals surface area contributed by atoms with Gasteiger partial charge in [0.2, 0.25) is 5.91 Å². The van der Waals surface area contributed by atoms with Crippen molar-refractivity contribution in [3.8, 4) is 0 Å². The lowest BCUT2D eigenvalue weighted by molar-refractivity contribution is -0.116. The number of benzene rings is 2. The third kappa shape index (κ3) is 4.43. The van der Waals surface area contributed by atoms with Crippen LogP contribution in [-0.4, -0.2) is 5.91 Å². The van der Waals surface area contributed by atoms with Gasteiger partial charge in [-0.3, -0.25) is 4.79 Å². The Morgan fingerprint density at radius 3 is 2.42 bits per heavy atom. The standard InChI is InChI=1S/C17H17NO/c1-14-7-9-16(10-8-14)13-18-17(19)12-11-15-5-3-2-4-6-15/h2-12H,13H2,1H3,(H,18,19)/b12-11-. The van der Waals surface area contributed by atoms with Gasteiger partial charge >= 0.3 is 0 Å². The molecular formula is C17H17NO. The second kappa shape index (κ2) is 6.55. The summed E-state index contributed by atoms with van der Waals surface area (Å²) >= 11 is 0. The van der Waals surface area contributed by atoms with Gasteiger partial charge in [-0.2, -0.15) is 0 Å². The molecule has 96 valence electrons. The Morgan fingerprint density at radius 2 is 1.74 bits per heavy atom. The molecule has 0 aliphatic rings. The molecule has 0 saturated carbocycles. The van der Waals surface area contributed by atoms with E-state index in [9.17, 15) is 4.79 Å². The first-order valence-corrected chi connectivity index (χ1v) is 6.30. The van der Waals surface area contributed by atoms with Gasteiger partial charge in [0.05, 0.1) is 0 Å². The summed E-state index contributed by atoms with van der Waals surface area (Å²) in [6.45, 7) is 2.60. The van der Waals surface area contributed by atoms with Gasteiger partial charge in [-0.05, 0) is 24.1 Å². The summed E-state index contributed by atoms with van der Waals surface area (Å²) < 4.78 is 0. The van der Waals surface area contributed by atoms with E-state index < -0.39 is 0 Å². The molecule has 2 heteroatoms. The predicted octanol–water partition coefficient (Wildman–Crippen LogP) is 3.32. The van der Waals surface area contributed by atoms with Gasteiger partial charge in [-0.15, -0.1) is 0 Å². The van der Waals surface area contributed by atoms with Crippen molar-refractivity contribution in [2.75, 3.05) is 0 Å². The Kier molecular flexibility index (Phi) is 4.51. The van der Waals surface area contributed by atoms with Crippen molar-refractivity contribution in [3.05, 3.63) is 77.4 Å². The van der Waals surface area contributed by atoms with Crippen LogP contribution in [0.5, 0.6) is 0 Å². The van der Waals surface area contributed by atoms with Crippen LogP contribution in [-0.2, 0) is 11.3 Å². The summed E-state index contributed by atoms with van der Waals surface area (Å²) in [6, 6.07) is 17.9. The number of carbonyl (C=O) groups excluding carboxylic acids is 1. The molecule has 2 aromatic rings. The predicted molar refractivity (Wildman–Crippen MR) is 78.5 cm³/mol. The average molecular weight is 251 g/mol. The lowest BCUT2D eigenvalue weighted by atomic mass is 10.1. The van der Waals surface area contributed by atoms with Crippen molar-refractivity contribution in [3.63, 3.8) is 0 Å². The van der Waals surface area contributed by atoms with Crippen molar-refractivity contribution in [1.29, 1.82) is 0 Å². The first kappa shape index (κ1) is 13.1. The summed E-state index contributed by atoms with van der Waals surface area (Å²) in [5, 5.41) is 2.86. The maximum atomic E-state index is 11.7. The summed E-state index contributed by atoms with van der Waals surface area (Å²) in [4.78, 5) is 11.7. The number of carbonyl (C=O) groups is 1. The molecule has 0 aromatic heterocycles. The van der Waals surface area contributed by atoms with E-state index in [2.05, 4.69) is 5.32 Å². The summed E-state index contributed by atoms with van der Waals surface area (Å²) in [6.07, 6.45) is 3.37. The van der Waals surface area contributed by atoms with E-state index in [-0.39, 0.29) is 5.91 Å². The van der Waals surface area contributed by atoms with Gasteiger partial charge in [-0.25, -0.2) is 0 Å². The van der Waals surface area contributed by atoms with Crippen LogP contribution in [0.1, 0.15) is 16.7 Å². The van der Waals surface area contributed by atoms with E-state index in [4.69, 9.17) is 0 Å². The van der Waals surface area contributed by atoms with Crippen molar-refractivity contribution >= 4 is 12.0 Å². The van der Waals surface area contributed by atoms with Crippen LogP contribution in [0, 0.1) is 6.92 Å². The highest BCUT2D eigenvalue weighted by molar-refractivity contribution is 5.91. The summed E-state index contributed by atoms with van der Waals surface area (Å²) in [5.74, 6) is -0.0792. The molecule has 0 saturated heterocycles. The summed E-state index contributed by atoms with van der Waals surface area (Å²) in [7, 11) is 0. The third-order valence-corrected chi connectivity index (χ3v) is 2.81. The van der Waals surface area contributed by atoms with Crippen molar-refractivity contribution in [2.24, 2.45) is 0 Å². The number of hydrogen-bond donors (Lipinski definition) is 1. The minimum Gasteiger partial charge on any atom is -0.348 e. The topological polar surface area (TPSA) is 29.1 Å². The monoisotopic (exact) mass is 251 g/mol. The number of hydrogen-bond acceptors (Lipinski definition) is 1. The smallest absolute Gasteiger partial charge is 0.244 e. The molecule has 1 N–H and O–H groups in total. The Bertz CT molecular complexity index is 556. The fourth-order valence-electron chi connectivity index (χ4n) is 1.69. The molecule has 19 heavy (non-hydrogen) atoms. The van der Waals surface area contributed by atoms with Gasteiger partial charge < -0.3 is 5.32 Å². The molecule has 0 bridgehead atoms. The lowest BCUT2D eigenvalue weighted by Gasteiger charge is -2.02. The van der Waals surface area contributed by atoms with E-state index >= 15 is 0 Å². The highest BCUT2D eigenvalue weighted by atomic mass is 16.1. The highest BCUT2D eigenvalue weighted by Crippen LogP contribution is 2.03. The molecule has 2 rings (SSSR count). The molecule has 2 nitrogen and oxygen atoms in total. The van der Waals surface area contributed by atoms with E-state index in [0.717, 1.165) is 11.1 Å². The maximum absolute atomic E-state index is 11.7. The molecule has 0 radical (unpaired) electrons. The van der Waals surface area contributed by atoms with Crippen LogP contribution in [0.25, 0.3) is 6.08 Å². The first-order chi connectivity index (χ1) is 9.24. The number of rotatable bonds is 4. The zero-order valence-electron chi connectivity index (χ0n) is 11.0. The molecule has 0 aliphatic carbocycles. The minimum atomic E-state index is -0.0792. The second-order valence-electron chi connectivity index (χ2n) is 4.45. The molecule has 0 unspecified atom stereocenters. The van der Waals surface area contributed by atoms with Crippen LogP contribution in [0.3, 0.4) is 0 Å². The van der Waals surface area contributed by atoms with Crippen LogP contribution >= 0.6 is 0 Å². The SMILES string of the molecule is Cc1ccc(CNC(=O)/C=C\c2ccccc2)cc1. The highest BCUT2D eigenvalue weighted by Gasteiger charge is 1.96. The Morgan fingerprint density at radius 1 is 1.05 bits per heavy atom. The minimum absolute atomic E-state index is 0.0792. The van der Waals surface area contributed by atoms with Gasteiger partial charge in [0.15, 0.2) is 0 Å².